The van der Waals surface area contributed by atoms with Crippen LogP contribution in [0.15, 0.2) is 167 Å². The molecule has 4 aliphatic heterocycles. The Kier molecular flexibility index (Phi) is 7.90. The van der Waals surface area contributed by atoms with E-state index in [9.17, 15) is 0 Å². The van der Waals surface area contributed by atoms with Crippen LogP contribution in [0.1, 0.15) is 44.5 Å². The molecule has 4 heteroatoms. The Morgan fingerprint density at radius 1 is 0.404 bits per heavy atom. The summed E-state index contributed by atoms with van der Waals surface area (Å²) in [6.07, 6.45) is 13.3. The molecule has 5 aromatic rings. The molecule has 0 fully saturated rings. The van der Waals surface area contributed by atoms with Crippen molar-refractivity contribution in [2.24, 2.45) is 9.98 Å². The molecule has 0 radical (unpaired) electrons. The summed E-state index contributed by atoms with van der Waals surface area (Å²) in [5, 5.41) is 6.03. The molecule has 1 aromatic heterocycles. The number of fused-ring (bicyclic) bond motifs is 6. The predicted octanol–water partition coefficient (Wildman–Crippen LogP) is 8.40. The zero-order chi connectivity index (χ0) is 35.3. The molecule has 0 amide bonds. The van der Waals surface area contributed by atoms with Crippen LogP contribution in [0.4, 0.5) is 0 Å². The highest BCUT2D eigenvalue weighted by molar-refractivity contribution is 6.31. The maximum atomic E-state index is 5.44. The Morgan fingerprint density at radius 3 is 1.12 bits per heavy atom. The minimum atomic E-state index is -0.0622. The number of aryl methyl sites for hydroxylation is 4. The fraction of sp³-hybridized carbons (Fsp3) is 0.125. The van der Waals surface area contributed by atoms with Crippen LogP contribution in [0.5, 0.6) is 0 Å². The lowest BCUT2D eigenvalue weighted by Gasteiger charge is -2.22. The van der Waals surface area contributed by atoms with E-state index >= 15 is 0 Å². The first-order chi connectivity index (χ1) is 25.4. The molecule has 252 valence electrons. The molecule has 2 N–H and O–H groups in total. The summed E-state index contributed by atoms with van der Waals surface area (Å²) in [6.45, 7) is 8.52. The molecule has 0 saturated heterocycles. The predicted molar refractivity (Wildman–Crippen MR) is 217 cm³/mol. The molecule has 0 saturated carbocycles. The van der Waals surface area contributed by atoms with Crippen molar-refractivity contribution in [1.29, 1.82) is 0 Å². The highest BCUT2D eigenvalue weighted by atomic mass is 15.0. The van der Waals surface area contributed by atoms with E-state index in [-0.39, 0.29) is 12.1 Å². The summed E-state index contributed by atoms with van der Waals surface area (Å²) in [5.41, 5.74) is 17.7. The quantitative estimate of drug-likeness (QED) is 0.185. The number of nitrogens with one attached hydrogen (secondary N) is 2. The Morgan fingerprint density at radius 2 is 0.750 bits per heavy atom. The van der Waals surface area contributed by atoms with Crippen LogP contribution in [-0.4, -0.2) is 28.5 Å². The van der Waals surface area contributed by atoms with Crippen molar-refractivity contribution in [3.8, 4) is 0 Å². The third kappa shape index (κ3) is 5.81. The topological polar surface area (TPSA) is 52.5 Å². The van der Waals surface area contributed by atoms with E-state index in [4.69, 9.17) is 9.98 Å². The highest BCUT2D eigenvalue weighted by Gasteiger charge is 2.30. The van der Waals surface area contributed by atoms with E-state index in [0.717, 1.165) is 78.1 Å². The van der Waals surface area contributed by atoms with Gasteiger partial charge in [-0.2, -0.15) is 0 Å². The van der Waals surface area contributed by atoms with Crippen molar-refractivity contribution in [1.82, 2.24) is 10.3 Å². The van der Waals surface area contributed by atoms with Crippen molar-refractivity contribution in [2.45, 2.75) is 39.8 Å². The van der Waals surface area contributed by atoms with Gasteiger partial charge in [0, 0.05) is 33.0 Å². The third-order valence-corrected chi connectivity index (χ3v) is 10.5. The van der Waals surface area contributed by atoms with E-state index in [1.54, 1.807) is 0 Å². The van der Waals surface area contributed by atoms with Crippen LogP contribution in [0, 0.1) is 27.7 Å². The van der Waals surface area contributed by atoms with Crippen LogP contribution in [0.3, 0.4) is 0 Å². The molecule has 9 rings (SSSR count). The molecule has 4 aromatic carbocycles. The Balaban J connectivity index is 1.37. The molecule has 52 heavy (non-hydrogen) atoms. The molecular formula is C48H40N4. The zero-order valence-corrected chi connectivity index (χ0v) is 29.9. The normalized spacial score (nSPS) is 19.2. The first-order valence-corrected chi connectivity index (χ1v) is 18.1. The number of aromatic nitrogens is 1. The second-order valence-electron chi connectivity index (χ2n) is 14.3. The minimum Gasteiger partial charge on any atom is -0.354 e. The maximum absolute atomic E-state index is 5.44. The standard InChI is InChI=1S/C48H40N4/c1-29-5-13-33(14-6-29)45-37-21-23-39(49-37)46(34-15-7-30(2)8-16-34)41-25-27-43(51-41)48(36-19-11-32(4)12-20-36)44-28-26-42(52-44)47(40-24-22-38(45)50-40)35-17-9-31(3)10-18-35/h5-28,37,39,49,52H,1-4H3. The summed E-state index contributed by atoms with van der Waals surface area (Å²) in [6, 6.07) is 39.4. The molecule has 0 aliphatic carbocycles. The van der Waals surface area contributed by atoms with Gasteiger partial charge < -0.3 is 4.98 Å². The molecule has 5 heterocycles. The second-order valence-corrected chi connectivity index (χ2v) is 14.3. The Bertz CT molecular complexity index is 2400. The van der Waals surface area contributed by atoms with Gasteiger partial charge in [-0.3, -0.25) is 5.32 Å². The molecule has 4 aliphatic rings. The van der Waals surface area contributed by atoms with Gasteiger partial charge in [-0.25, -0.2) is 9.98 Å². The summed E-state index contributed by atoms with van der Waals surface area (Å²) < 4.78 is 0. The van der Waals surface area contributed by atoms with Gasteiger partial charge in [0.05, 0.1) is 34.9 Å². The average Bonchev–Trinajstić information content (AvgIpc) is 3.99. The van der Waals surface area contributed by atoms with Crippen LogP contribution >= 0.6 is 0 Å². The van der Waals surface area contributed by atoms with Gasteiger partial charge in [0.2, 0.25) is 0 Å². The number of H-pyrrole nitrogens is 1. The first kappa shape index (κ1) is 31.9. The Hall–Kier alpha value is -6.10. The van der Waals surface area contributed by atoms with E-state index in [1.807, 2.05) is 0 Å². The monoisotopic (exact) mass is 672 g/mol. The van der Waals surface area contributed by atoms with E-state index in [0.29, 0.717) is 0 Å². The van der Waals surface area contributed by atoms with Crippen molar-refractivity contribution in [3.05, 3.63) is 212 Å². The third-order valence-electron chi connectivity index (χ3n) is 10.5. The van der Waals surface area contributed by atoms with Gasteiger partial charge in [0.25, 0.3) is 0 Å². The van der Waals surface area contributed by atoms with E-state index in [1.165, 1.54) is 22.3 Å². The van der Waals surface area contributed by atoms with Gasteiger partial charge in [-0.1, -0.05) is 131 Å². The van der Waals surface area contributed by atoms with Crippen molar-refractivity contribution in [2.75, 3.05) is 0 Å². The van der Waals surface area contributed by atoms with Gasteiger partial charge in [0.15, 0.2) is 0 Å². The number of hydrogen-bond acceptors (Lipinski definition) is 3. The number of nitrogens with zero attached hydrogens (tertiary/aromatic N) is 2. The molecule has 8 bridgehead atoms. The summed E-state index contributed by atoms with van der Waals surface area (Å²) in [7, 11) is 0. The second kappa shape index (κ2) is 12.9. The molecule has 0 spiro atoms. The van der Waals surface area contributed by atoms with Crippen LogP contribution in [0.25, 0.3) is 22.3 Å². The highest BCUT2D eigenvalue weighted by Crippen LogP contribution is 2.36. The summed E-state index contributed by atoms with van der Waals surface area (Å²) in [5.74, 6) is 0. The van der Waals surface area contributed by atoms with Gasteiger partial charge in [0.1, 0.15) is 0 Å². The fourth-order valence-electron chi connectivity index (χ4n) is 7.64. The lowest BCUT2D eigenvalue weighted by atomic mass is 9.95. The van der Waals surface area contributed by atoms with Crippen molar-refractivity contribution in [3.63, 3.8) is 0 Å². The van der Waals surface area contributed by atoms with Crippen LogP contribution in [-0.2, 0) is 0 Å². The number of benzene rings is 4. The lowest BCUT2D eigenvalue weighted by Crippen LogP contribution is -2.33. The Labute approximate surface area is 305 Å². The van der Waals surface area contributed by atoms with Gasteiger partial charge >= 0.3 is 0 Å². The number of allylic oxidation sites excluding steroid dienone is 4. The molecule has 2 atom stereocenters. The minimum absolute atomic E-state index is 0.0622. The van der Waals surface area contributed by atoms with Crippen molar-refractivity contribution < 1.29 is 0 Å². The maximum Gasteiger partial charge on any atom is 0.0737 e. The molecule has 4 nitrogen and oxygen atoms in total. The number of rotatable bonds is 4. The fourth-order valence-corrected chi connectivity index (χ4v) is 7.64. The average molecular weight is 673 g/mol. The largest absolute Gasteiger partial charge is 0.354 e. The smallest absolute Gasteiger partial charge is 0.0737 e. The summed E-state index contributed by atoms with van der Waals surface area (Å²) in [4.78, 5) is 14.7. The van der Waals surface area contributed by atoms with E-state index in [2.05, 4.69) is 184 Å². The van der Waals surface area contributed by atoms with Gasteiger partial charge in [-0.05, 0) is 86.4 Å². The SMILES string of the molecule is Cc1ccc(C2=C3C=CC(=N3)C(c3ccc(C)cc3)=c3ccc([nH]3)=C(c3ccc(C)cc3)C3=NC(=C(c4ccc(C)cc4)C4C=CC2N4)C=C3)cc1. The number of aromatic amines is 1. The molecule has 2 unspecified atom stereocenters. The lowest BCUT2D eigenvalue weighted by molar-refractivity contribution is 0.720. The summed E-state index contributed by atoms with van der Waals surface area (Å²) >= 11 is 0. The van der Waals surface area contributed by atoms with Crippen LogP contribution in [0.2, 0.25) is 0 Å². The number of hydrogen-bond donors (Lipinski definition) is 2. The molecular weight excluding hydrogens is 633 g/mol. The van der Waals surface area contributed by atoms with Crippen molar-refractivity contribution >= 4 is 33.7 Å². The number of aliphatic imine (C=N–C) groups is 2. The van der Waals surface area contributed by atoms with E-state index < -0.39 is 0 Å². The first-order valence-electron chi connectivity index (χ1n) is 18.1. The van der Waals surface area contributed by atoms with Gasteiger partial charge in [-0.15, -0.1) is 0 Å². The zero-order valence-electron chi connectivity index (χ0n) is 29.9. The van der Waals surface area contributed by atoms with Crippen LogP contribution < -0.4 is 16.0 Å².